The van der Waals surface area contributed by atoms with Crippen molar-refractivity contribution in [3.8, 4) is 0 Å². The molecule has 0 N–H and O–H groups in total. The second kappa shape index (κ2) is 20.3. The van der Waals surface area contributed by atoms with Gasteiger partial charge in [-0.15, -0.1) is 0 Å². The Labute approximate surface area is 231 Å². The fourth-order valence-electron chi connectivity index (χ4n) is 5.86. The van der Waals surface area contributed by atoms with Crippen molar-refractivity contribution in [2.45, 2.75) is 158 Å². The van der Waals surface area contributed by atoms with Gasteiger partial charge in [-0.1, -0.05) is 126 Å². The molecule has 0 aliphatic rings. The van der Waals surface area contributed by atoms with Gasteiger partial charge in [-0.2, -0.15) is 22.8 Å². The molecule has 2 aromatic carbocycles. The van der Waals surface area contributed by atoms with Gasteiger partial charge < -0.3 is 27.8 Å². The molecule has 0 aromatic heterocycles. The average Bonchev–Trinajstić information content (AvgIpc) is 3.31. The van der Waals surface area contributed by atoms with Crippen LogP contribution in [0.25, 0.3) is 0 Å². The number of aryl methyl sites for hydroxylation is 2. The molecule has 0 spiro atoms. The van der Waals surface area contributed by atoms with Gasteiger partial charge in [-0.3, -0.25) is 0 Å². The van der Waals surface area contributed by atoms with Gasteiger partial charge in [0.15, 0.2) is 0 Å². The Morgan fingerprint density at radius 3 is 1.09 bits per heavy atom. The molecule has 0 heterocycles. The third-order valence-corrected chi connectivity index (χ3v) is 7.12. The summed E-state index contributed by atoms with van der Waals surface area (Å²) in [5.41, 5.74) is 13.6. The van der Waals surface area contributed by atoms with Crippen LogP contribution in [0, 0.1) is 0 Å². The molecule has 0 saturated carbocycles. The summed E-state index contributed by atoms with van der Waals surface area (Å²) in [6.45, 7) is 18.5. The van der Waals surface area contributed by atoms with E-state index in [0.717, 1.165) is 0 Å². The molecule has 2 rings (SSSR count). The van der Waals surface area contributed by atoms with Gasteiger partial charge >= 0.3 is 0 Å². The van der Waals surface area contributed by atoms with E-state index >= 15 is 0 Å². The van der Waals surface area contributed by atoms with E-state index in [-0.39, 0.29) is 17.1 Å². The molecule has 0 radical (unpaired) electrons. The Morgan fingerprint density at radius 1 is 0.457 bits per heavy atom. The summed E-state index contributed by atoms with van der Waals surface area (Å²) in [7, 11) is 0. The number of hydrogen-bond acceptors (Lipinski definition) is 0. The monoisotopic (exact) mass is 522 g/mol. The van der Waals surface area contributed by atoms with E-state index in [0.29, 0.717) is 0 Å². The van der Waals surface area contributed by atoms with Crippen molar-refractivity contribution >= 4 is 0 Å². The predicted molar refractivity (Wildman–Crippen MR) is 156 cm³/mol. The van der Waals surface area contributed by atoms with E-state index in [2.05, 4.69) is 67.5 Å². The van der Waals surface area contributed by atoms with Crippen molar-refractivity contribution in [3.63, 3.8) is 0 Å². The third kappa shape index (κ3) is 10.2. The van der Waals surface area contributed by atoms with Crippen LogP contribution in [0.1, 0.15) is 151 Å². The van der Waals surface area contributed by atoms with Crippen LogP contribution in [0.15, 0.2) is 12.1 Å². The van der Waals surface area contributed by atoms with Crippen molar-refractivity contribution in [1.82, 2.24) is 0 Å². The summed E-state index contributed by atoms with van der Waals surface area (Å²) in [6.07, 6.45) is 20.5. The van der Waals surface area contributed by atoms with Crippen LogP contribution in [0.2, 0.25) is 0 Å². The first kappa shape index (κ1) is 34.2. The second-order valence-corrected chi connectivity index (χ2v) is 10.3. The Bertz CT molecular complexity index is 646. The Kier molecular flexibility index (Phi) is 19.8. The molecule has 0 amide bonds. The first-order valence-electron chi connectivity index (χ1n) is 15.1. The smallest absolute Gasteiger partial charge is 0 e. The number of rotatable bonds is 16. The van der Waals surface area contributed by atoms with Crippen molar-refractivity contribution in [3.05, 3.63) is 56.6 Å². The summed E-state index contributed by atoms with van der Waals surface area (Å²) < 4.78 is 0. The van der Waals surface area contributed by atoms with Gasteiger partial charge in [0.2, 0.25) is 0 Å². The maximum atomic E-state index is 2.35. The molecule has 35 heavy (non-hydrogen) atoms. The maximum Gasteiger partial charge on any atom is 0 e. The van der Waals surface area contributed by atoms with Gasteiger partial charge in [0, 0.05) is 17.1 Å². The van der Waals surface area contributed by atoms with Gasteiger partial charge in [-0.25, -0.2) is 38.2 Å². The zero-order valence-corrected chi connectivity index (χ0v) is 25.9. The first-order valence-corrected chi connectivity index (χ1v) is 15.1. The van der Waals surface area contributed by atoms with Gasteiger partial charge in [0.05, 0.1) is 0 Å². The van der Waals surface area contributed by atoms with Crippen molar-refractivity contribution in [1.29, 1.82) is 0 Å². The zero-order chi connectivity index (χ0) is 25.3. The Morgan fingerprint density at radius 2 is 0.800 bits per heavy atom. The van der Waals surface area contributed by atoms with Crippen LogP contribution in [-0.2, 0) is 68.4 Å². The molecule has 208 valence electrons. The predicted octanol–water partition coefficient (Wildman–Crippen LogP) is 10.4. The molecule has 2 aromatic rings. The topological polar surface area (TPSA) is 0 Å². The number of hydrogen-bond donors (Lipinski definition) is 0. The Balaban J connectivity index is 0.000000680. The summed E-state index contributed by atoms with van der Waals surface area (Å²) >= 11 is 0. The molecule has 0 aliphatic carbocycles. The van der Waals surface area contributed by atoms with Crippen molar-refractivity contribution in [2.24, 2.45) is 0 Å². The van der Waals surface area contributed by atoms with E-state index in [1.807, 2.05) is 0 Å². The summed E-state index contributed by atoms with van der Waals surface area (Å²) in [4.78, 5) is 0. The summed E-state index contributed by atoms with van der Waals surface area (Å²) in [5, 5.41) is 0. The Hall–Kier alpha value is -0.781. The minimum atomic E-state index is 0. The van der Waals surface area contributed by atoms with Crippen molar-refractivity contribution < 1.29 is 17.1 Å². The van der Waals surface area contributed by atoms with E-state index in [1.54, 1.807) is 44.5 Å². The van der Waals surface area contributed by atoms with Crippen LogP contribution in [-0.4, -0.2) is 0 Å². The average molecular weight is 523 g/mol. The fourth-order valence-corrected chi connectivity index (χ4v) is 5.86. The van der Waals surface area contributed by atoms with E-state index in [1.165, 1.54) is 103 Å². The fraction of sp³-hybridized carbons (Fsp3) is 0.706. The van der Waals surface area contributed by atoms with E-state index in [4.69, 9.17) is 0 Å². The largest absolute Gasteiger partial charge is 0.727 e. The van der Waals surface area contributed by atoms with Gasteiger partial charge in [0.1, 0.15) is 0 Å². The molecule has 0 aliphatic heterocycles. The molecule has 1 heteroatoms. The van der Waals surface area contributed by atoms with Crippen LogP contribution in [0.4, 0.5) is 0 Å². The minimum Gasteiger partial charge on any atom is -0.727 e. The molecule has 0 fully saturated rings. The van der Waals surface area contributed by atoms with Crippen LogP contribution in [0.5, 0.6) is 0 Å². The van der Waals surface area contributed by atoms with Gasteiger partial charge in [0.25, 0.3) is 0 Å². The van der Waals surface area contributed by atoms with Crippen LogP contribution >= 0.6 is 0 Å². The van der Waals surface area contributed by atoms with Crippen LogP contribution in [0.3, 0.4) is 0 Å². The van der Waals surface area contributed by atoms with Gasteiger partial charge in [-0.05, 0) is 0 Å². The third-order valence-electron chi connectivity index (χ3n) is 7.12. The second-order valence-electron chi connectivity index (χ2n) is 10.3. The first-order chi connectivity index (χ1) is 16.6. The van der Waals surface area contributed by atoms with E-state index < -0.39 is 0 Å². The van der Waals surface area contributed by atoms with E-state index in [9.17, 15) is 0 Å². The zero-order valence-electron chi connectivity index (χ0n) is 24.8. The SMILES string of the molecule is CCC[c-]1[c-](CCC)[c-](CCC)[c-](CCC)[c-]1CCC.CCCc1cc[c-](CCC)c1CCC.[Fe]. The maximum absolute atomic E-state index is 2.35. The normalized spacial score (nSPS) is 10.7. The van der Waals surface area contributed by atoms with Crippen LogP contribution < -0.4 is 0 Å². The molecule has 0 unspecified atom stereocenters. The van der Waals surface area contributed by atoms with Crippen molar-refractivity contribution in [2.75, 3.05) is 0 Å². The molecular weight excluding hydrogens is 464 g/mol. The molecular formula is C34H58Fe-6. The summed E-state index contributed by atoms with van der Waals surface area (Å²) in [6, 6.07) is 4.69. The quantitative estimate of drug-likeness (QED) is 0.152. The molecule has 0 bridgehead atoms. The standard InChI is InChI=1S/C20H35.C14H23.Fe/c1-6-11-16-17(12-7-2)19(14-9-4)20(15-10-5)18(16)13-8-3;1-4-7-12-10-11-13(8-5-2)14(12)9-6-3;/h6-15H2,1-5H3;10-11H,4-9H2,1-3H3;/q-5;-1;. The molecule has 0 nitrogen and oxygen atoms in total. The minimum absolute atomic E-state index is 0. The summed E-state index contributed by atoms with van der Waals surface area (Å²) in [5.74, 6) is 0. The molecule has 0 atom stereocenters. The molecule has 0 saturated heterocycles.